The number of hydrogen-bond donors (Lipinski definition) is 2. The van der Waals surface area contributed by atoms with Gasteiger partial charge >= 0.3 is 6.18 Å². The number of benzene rings is 1. The maximum Gasteiger partial charge on any atom is 0.433 e. The zero-order valence-electron chi connectivity index (χ0n) is 15.3. The number of carbonyl (C=O) groups excluding carboxylic acids is 1. The molecule has 154 valence electrons. The molecule has 1 fully saturated rings. The Morgan fingerprint density at radius 1 is 1.25 bits per heavy atom. The van der Waals surface area contributed by atoms with Crippen LogP contribution in [0.4, 0.5) is 18.9 Å². The Morgan fingerprint density at radius 3 is 2.46 bits per heavy atom. The molecule has 0 bridgehead atoms. The van der Waals surface area contributed by atoms with E-state index in [0.717, 1.165) is 30.0 Å². The van der Waals surface area contributed by atoms with Gasteiger partial charge in [0.05, 0.1) is 23.9 Å². The number of carbonyl (C=O) groups is 1. The van der Waals surface area contributed by atoms with Crippen LogP contribution in [-0.4, -0.2) is 42.5 Å². The van der Waals surface area contributed by atoms with Gasteiger partial charge < -0.3 is 15.4 Å². The highest BCUT2D eigenvalue weighted by atomic mass is 35.5. The Hall–Kier alpha value is -2.10. The number of rotatable bonds is 5. The number of alkyl halides is 3. The summed E-state index contributed by atoms with van der Waals surface area (Å²) in [5.41, 5.74) is -0.685. The van der Waals surface area contributed by atoms with E-state index in [0.29, 0.717) is 25.1 Å². The van der Waals surface area contributed by atoms with Crippen molar-refractivity contribution in [3.05, 3.63) is 42.2 Å². The summed E-state index contributed by atoms with van der Waals surface area (Å²) < 4.78 is 45.1. The van der Waals surface area contributed by atoms with Gasteiger partial charge in [-0.3, -0.25) is 4.79 Å². The van der Waals surface area contributed by atoms with Crippen LogP contribution in [0.25, 0.3) is 5.69 Å². The molecule has 2 N–H and O–H groups in total. The zero-order valence-corrected chi connectivity index (χ0v) is 16.1. The lowest BCUT2D eigenvalue weighted by atomic mass is 9.78. The van der Waals surface area contributed by atoms with Crippen molar-refractivity contribution in [1.29, 1.82) is 0 Å². The van der Waals surface area contributed by atoms with Gasteiger partial charge in [0, 0.05) is 12.8 Å². The molecule has 2 heterocycles. The fourth-order valence-corrected chi connectivity index (χ4v) is 3.29. The number of amides is 1. The predicted molar refractivity (Wildman–Crippen MR) is 101 cm³/mol. The molecule has 2 aromatic rings. The van der Waals surface area contributed by atoms with Crippen LogP contribution in [0.1, 0.15) is 18.5 Å². The van der Waals surface area contributed by atoms with E-state index in [1.165, 1.54) is 12.1 Å². The predicted octanol–water partition coefficient (Wildman–Crippen LogP) is 3.27. The fraction of sp³-hybridized carbons (Fsp3) is 0.444. The molecule has 1 aliphatic rings. The molecule has 0 spiro atoms. The molecule has 28 heavy (non-hydrogen) atoms. The van der Waals surface area contributed by atoms with E-state index in [1.807, 2.05) is 0 Å². The van der Waals surface area contributed by atoms with E-state index >= 15 is 0 Å². The smallest absolute Gasteiger partial charge is 0.384 e. The minimum Gasteiger partial charge on any atom is -0.384 e. The lowest BCUT2D eigenvalue weighted by molar-refractivity contribution is -0.142. The minimum absolute atomic E-state index is 0. The first-order chi connectivity index (χ1) is 12.9. The topological polar surface area (TPSA) is 68.2 Å². The van der Waals surface area contributed by atoms with Gasteiger partial charge in [0.15, 0.2) is 0 Å². The van der Waals surface area contributed by atoms with Crippen molar-refractivity contribution < 1.29 is 22.7 Å². The van der Waals surface area contributed by atoms with Crippen molar-refractivity contribution in [2.24, 2.45) is 5.41 Å². The van der Waals surface area contributed by atoms with Gasteiger partial charge in [-0.05, 0) is 56.3 Å². The SMILES string of the molecule is COCC1(C(=O)Nc2ccc(-n3nccc3C(F)(F)F)cc2)CCNCC1.Cl. The molecular weight excluding hydrogens is 397 g/mol. The van der Waals surface area contributed by atoms with Gasteiger partial charge in [-0.25, -0.2) is 4.68 Å². The molecule has 1 aromatic heterocycles. The fourth-order valence-electron chi connectivity index (χ4n) is 3.29. The molecule has 1 aliphatic heterocycles. The average Bonchev–Trinajstić information content (AvgIpc) is 3.14. The van der Waals surface area contributed by atoms with Crippen molar-refractivity contribution in [3.63, 3.8) is 0 Å². The lowest BCUT2D eigenvalue weighted by Crippen LogP contribution is -2.47. The Balaban J connectivity index is 0.00000280. The summed E-state index contributed by atoms with van der Waals surface area (Å²) in [7, 11) is 1.56. The van der Waals surface area contributed by atoms with Crippen LogP contribution < -0.4 is 10.6 Å². The summed E-state index contributed by atoms with van der Waals surface area (Å²) >= 11 is 0. The maximum absolute atomic E-state index is 13.0. The van der Waals surface area contributed by atoms with Gasteiger partial charge in [-0.15, -0.1) is 12.4 Å². The second kappa shape index (κ2) is 8.93. The van der Waals surface area contributed by atoms with Gasteiger partial charge in [-0.1, -0.05) is 0 Å². The zero-order chi connectivity index (χ0) is 19.5. The summed E-state index contributed by atoms with van der Waals surface area (Å²) in [4.78, 5) is 12.8. The van der Waals surface area contributed by atoms with Gasteiger partial charge in [0.25, 0.3) is 0 Å². The van der Waals surface area contributed by atoms with Crippen LogP contribution in [-0.2, 0) is 15.7 Å². The number of methoxy groups -OCH3 is 1. The Bertz CT molecular complexity index is 781. The first kappa shape index (κ1) is 22.2. The first-order valence-corrected chi connectivity index (χ1v) is 8.58. The molecule has 0 unspecified atom stereocenters. The number of hydrogen-bond acceptors (Lipinski definition) is 4. The molecule has 0 aliphatic carbocycles. The number of nitrogens with zero attached hydrogens (tertiary/aromatic N) is 2. The Kier molecular flexibility index (Phi) is 7.08. The summed E-state index contributed by atoms with van der Waals surface area (Å²) in [6.45, 7) is 1.78. The Labute approximate surface area is 166 Å². The number of anilines is 1. The second-order valence-corrected chi connectivity index (χ2v) is 6.59. The highest BCUT2D eigenvalue weighted by Gasteiger charge is 2.39. The molecule has 1 saturated heterocycles. The Morgan fingerprint density at radius 2 is 1.89 bits per heavy atom. The van der Waals surface area contributed by atoms with Crippen molar-refractivity contribution >= 4 is 24.0 Å². The lowest BCUT2D eigenvalue weighted by Gasteiger charge is -2.35. The molecule has 0 radical (unpaired) electrons. The molecule has 6 nitrogen and oxygen atoms in total. The summed E-state index contributed by atoms with van der Waals surface area (Å²) in [5, 5.41) is 9.81. The standard InChI is InChI=1S/C18H21F3N4O2.ClH/c1-27-12-17(7-10-22-11-8-17)16(26)24-13-2-4-14(5-3-13)25-15(6-9-23-25)18(19,20)21;/h2-6,9,22H,7-8,10-12H2,1H3,(H,24,26);1H. The first-order valence-electron chi connectivity index (χ1n) is 8.58. The van der Waals surface area contributed by atoms with Crippen molar-refractivity contribution in [3.8, 4) is 5.69 Å². The summed E-state index contributed by atoms with van der Waals surface area (Å²) in [5.74, 6) is -0.145. The highest BCUT2D eigenvalue weighted by Crippen LogP contribution is 2.32. The third-order valence-electron chi connectivity index (χ3n) is 4.77. The molecular formula is C18H22ClF3N4O2. The van der Waals surface area contributed by atoms with E-state index in [1.54, 1.807) is 19.2 Å². The van der Waals surface area contributed by atoms with E-state index in [2.05, 4.69) is 15.7 Å². The number of aromatic nitrogens is 2. The number of halogens is 4. The largest absolute Gasteiger partial charge is 0.433 e. The quantitative estimate of drug-likeness (QED) is 0.782. The van der Waals surface area contributed by atoms with Crippen LogP contribution in [0.15, 0.2) is 36.5 Å². The molecule has 3 rings (SSSR count). The minimum atomic E-state index is -4.50. The number of nitrogens with one attached hydrogen (secondary N) is 2. The van der Waals surface area contributed by atoms with Crippen molar-refractivity contribution in [2.75, 3.05) is 32.1 Å². The van der Waals surface area contributed by atoms with Crippen LogP contribution in [0.2, 0.25) is 0 Å². The molecule has 0 atom stereocenters. The van der Waals surface area contributed by atoms with E-state index in [4.69, 9.17) is 4.74 Å². The van der Waals surface area contributed by atoms with Gasteiger partial charge in [0.1, 0.15) is 5.69 Å². The van der Waals surface area contributed by atoms with Gasteiger partial charge in [0.2, 0.25) is 5.91 Å². The van der Waals surface area contributed by atoms with E-state index in [-0.39, 0.29) is 24.0 Å². The average molecular weight is 419 g/mol. The molecule has 10 heteroatoms. The maximum atomic E-state index is 13.0. The van der Waals surface area contributed by atoms with Gasteiger partial charge in [-0.2, -0.15) is 18.3 Å². The second-order valence-electron chi connectivity index (χ2n) is 6.59. The van der Waals surface area contributed by atoms with Crippen LogP contribution in [0.5, 0.6) is 0 Å². The monoisotopic (exact) mass is 418 g/mol. The third-order valence-corrected chi connectivity index (χ3v) is 4.77. The van der Waals surface area contributed by atoms with E-state index in [9.17, 15) is 18.0 Å². The summed E-state index contributed by atoms with van der Waals surface area (Å²) in [6, 6.07) is 7.03. The van der Waals surface area contributed by atoms with Crippen LogP contribution in [0.3, 0.4) is 0 Å². The third kappa shape index (κ3) is 4.65. The van der Waals surface area contributed by atoms with Crippen molar-refractivity contribution in [2.45, 2.75) is 19.0 Å². The number of piperidine rings is 1. The summed E-state index contributed by atoms with van der Waals surface area (Å²) in [6.07, 6.45) is -2.07. The van der Waals surface area contributed by atoms with Crippen LogP contribution >= 0.6 is 12.4 Å². The molecule has 1 aromatic carbocycles. The van der Waals surface area contributed by atoms with Crippen molar-refractivity contribution in [1.82, 2.24) is 15.1 Å². The highest BCUT2D eigenvalue weighted by molar-refractivity contribution is 5.95. The van der Waals surface area contributed by atoms with E-state index < -0.39 is 17.3 Å². The molecule has 0 saturated carbocycles. The normalized spacial score (nSPS) is 16.3. The number of ether oxygens (including phenoxy) is 1. The van der Waals surface area contributed by atoms with Crippen LogP contribution in [0, 0.1) is 5.41 Å². The molecule has 1 amide bonds.